The van der Waals surface area contributed by atoms with Crippen LogP contribution in [0.25, 0.3) is 0 Å². The zero-order valence-electron chi connectivity index (χ0n) is 18.1. The highest BCUT2D eigenvalue weighted by molar-refractivity contribution is 6.10. The Balaban J connectivity index is 1.60. The fraction of sp³-hybridized carbons (Fsp3) is 0.231. The second-order valence-corrected chi connectivity index (χ2v) is 7.74. The number of Topliss-reactive ketones (excluding diaryl/α,β-unsaturated/α-hetero) is 1. The van der Waals surface area contributed by atoms with Crippen LogP contribution in [0.5, 0.6) is 11.5 Å². The average molecular weight is 431 g/mol. The average Bonchev–Trinajstić information content (AvgIpc) is 3.04. The summed E-state index contributed by atoms with van der Waals surface area (Å²) < 4.78 is 10.5. The lowest BCUT2D eigenvalue weighted by atomic mass is 9.88. The first kappa shape index (κ1) is 21.6. The molecule has 0 aromatic heterocycles. The lowest BCUT2D eigenvalue weighted by Gasteiger charge is -2.23. The fourth-order valence-corrected chi connectivity index (χ4v) is 4.13. The summed E-state index contributed by atoms with van der Waals surface area (Å²) in [6.45, 7) is 0.409. The van der Waals surface area contributed by atoms with Crippen LogP contribution in [0.1, 0.15) is 27.9 Å². The monoisotopic (exact) mass is 431 g/mol. The maximum Gasteiger partial charge on any atom is 0.264 e. The summed E-state index contributed by atoms with van der Waals surface area (Å²) in [5.41, 5.74) is 0.596. The molecule has 1 amide bonds. The molecular weight excluding hydrogens is 406 g/mol. The van der Waals surface area contributed by atoms with Crippen LogP contribution in [-0.4, -0.2) is 37.6 Å². The molecule has 0 spiro atoms. The van der Waals surface area contributed by atoms with Crippen LogP contribution in [0.3, 0.4) is 0 Å². The third-order valence-electron chi connectivity index (χ3n) is 5.83. The van der Waals surface area contributed by atoms with E-state index in [4.69, 9.17) is 9.47 Å². The van der Waals surface area contributed by atoms with E-state index in [-0.39, 0.29) is 12.2 Å². The topological polar surface area (TPSA) is 76.1 Å². The maximum atomic E-state index is 13.4. The molecular formula is C26H25NO5. The van der Waals surface area contributed by atoms with Gasteiger partial charge in [0.2, 0.25) is 0 Å². The highest BCUT2D eigenvalue weighted by atomic mass is 16.5. The third-order valence-corrected chi connectivity index (χ3v) is 5.83. The van der Waals surface area contributed by atoms with Crippen molar-refractivity contribution in [1.29, 1.82) is 0 Å². The standard InChI is InChI=1S/C26H25NO5/c1-31-23-13-12-19(16-24(23)32-2)22(28)17-26(30)20-10-6-7-11-21(20)27(25(26)29)15-14-18-8-4-3-5-9-18/h3-13,16,30H,14-15,17H2,1-2H3/t26-/m1/s1. The van der Waals surface area contributed by atoms with Gasteiger partial charge in [-0.2, -0.15) is 0 Å². The van der Waals surface area contributed by atoms with Gasteiger partial charge in [-0.15, -0.1) is 0 Å². The molecule has 1 heterocycles. The molecule has 1 aliphatic rings. The van der Waals surface area contributed by atoms with E-state index in [2.05, 4.69) is 0 Å². The minimum Gasteiger partial charge on any atom is -0.493 e. The normalized spacial score (nSPS) is 17.2. The second kappa shape index (κ2) is 8.85. The summed E-state index contributed by atoms with van der Waals surface area (Å²) in [6, 6.07) is 21.7. The number of para-hydroxylation sites is 1. The van der Waals surface area contributed by atoms with Gasteiger partial charge in [0.05, 0.1) is 26.3 Å². The quantitative estimate of drug-likeness (QED) is 0.550. The Kier molecular flexibility index (Phi) is 5.97. The molecule has 3 aromatic carbocycles. The summed E-state index contributed by atoms with van der Waals surface area (Å²) in [7, 11) is 3.00. The van der Waals surface area contributed by atoms with E-state index in [0.717, 1.165) is 5.56 Å². The molecule has 164 valence electrons. The van der Waals surface area contributed by atoms with Gasteiger partial charge in [0, 0.05) is 17.7 Å². The van der Waals surface area contributed by atoms with Gasteiger partial charge < -0.3 is 19.5 Å². The smallest absolute Gasteiger partial charge is 0.264 e. The van der Waals surface area contributed by atoms with Crippen molar-refractivity contribution >= 4 is 17.4 Å². The van der Waals surface area contributed by atoms with E-state index in [1.54, 1.807) is 41.3 Å². The van der Waals surface area contributed by atoms with Crippen LogP contribution in [0, 0.1) is 0 Å². The molecule has 1 N–H and O–H groups in total. The maximum absolute atomic E-state index is 13.4. The predicted octanol–water partition coefficient (Wildman–Crippen LogP) is 3.75. The lowest BCUT2D eigenvalue weighted by Crippen LogP contribution is -2.42. The van der Waals surface area contributed by atoms with Gasteiger partial charge in [-0.05, 0) is 36.2 Å². The van der Waals surface area contributed by atoms with Crippen LogP contribution in [0.2, 0.25) is 0 Å². The molecule has 3 aromatic rings. The van der Waals surface area contributed by atoms with Crippen molar-refractivity contribution in [2.45, 2.75) is 18.4 Å². The Labute approximate surface area is 187 Å². The first-order valence-corrected chi connectivity index (χ1v) is 10.4. The molecule has 0 saturated heterocycles. The molecule has 6 heteroatoms. The van der Waals surface area contributed by atoms with E-state index < -0.39 is 11.5 Å². The second-order valence-electron chi connectivity index (χ2n) is 7.74. The Bertz CT molecular complexity index is 1140. The van der Waals surface area contributed by atoms with Crippen molar-refractivity contribution in [2.75, 3.05) is 25.7 Å². The number of amides is 1. The van der Waals surface area contributed by atoms with Crippen LogP contribution < -0.4 is 14.4 Å². The number of ether oxygens (including phenoxy) is 2. The molecule has 1 atom stereocenters. The van der Waals surface area contributed by atoms with Crippen molar-refractivity contribution in [2.24, 2.45) is 0 Å². The number of ketones is 1. The molecule has 0 bridgehead atoms. The first-order valence-electron chi connectivity index (χ1n) is 10.4. The summed E-state index contributed by atoms with van der Waals surface area (Å²) in [5.74, 6) is 0.0649. The van der Waals surface area contributed by atoms with Gasteiger partial charge in [0.25, 0.3) is 5.91 Å². The highest BCUT2D eigenvalue weighted by Crippen LogP contribution is 2.43. The molecule has 0 radical (unpaired) electrons. The Morgan fingerprint density at radius 1 is 0.938 bits per heavy atom. The molecule has 1 aliphatic heterocycles. The number of carbonyl (C=O) groups excluding carboxylic acids is 2. The molecule has 4 rings (SSSR count). The van der Waals surface area contributed by atoms with E-state index in [1.165, 1.54) is 14.2 Å². The Morgan fingerprint density at radius 2 is 1.62 bits per heavy atom. The predicted molar refractivity (Wildman–Crippen MR) is 121 cm³/mol. The van der Waals surface area contributed by atoms with Gasteiger partial charge in [-0.25, -0.2) is 0 Å². The summed E-state index contributed by atoms with van der Waals surface area (Å²) in [6.07, 6.45) is 0.279. The van der Waals surface area contributed by atoms with Gasteiger partial charge in [-0.3, -0.25) is 9.59 Å². The first-order chi connectivity index (χ1) is 15.5. The number of methoxy groups -OCH3 is 2. The third kappa shape index (κ3) is 3.85. The van der Waals surface area contributed by atoms with Crippen molar-refractivity contribution in [3.8, 4) is 11.5 Å². The molecule has 0 unspecified atom stereocenters. The Hall–Kier alpha value is -3.64. The number of hydrogen-bond acceptors (Lipinski definition) is 5. The molecule has 0 fully saturated rings. The van der Waals surface area contributed by atoms with E-state index in [9.17, 15) is 14.7 Å². The Morgan fingerprint density at radius 3 is 2.34 bits per heavy atom. The number of hydrogen-bond donors (Lipinski definition) is 1. The van der Waals surface area contributed by atoms with Gasteiger partial charge >= 0.3 is 0 Å². The highest BCUT2D eigenvalue weighted by Gasteiger charge is 2.50. The summed E-state index contributed by atoms with van der Waals surface area (Å²) in [5, 5.41) is 11.5. The minimum absolute atomic E-state index is 0.337. The zero-order valence-corrected chi connectivity index (χ0v) is 18.1. The van der Waals surface area contributed by atoms with Gasteiger partial charge in [0.1, 0.15) is 0 Å². The number of aliphatic hydroxyl groups is 1. The number of carbonyl (C=O) groups is 2. The fourth-order valence-electron chi connectivity index (χ4n) is 4.13. The van der Waals surface area contributed by atoms with E-state index >= 15 is 0 Å². The van der Waals surface area contributed by atoms with Gasteiger partial charge in [0.15, 0.2) is 22.9 Å². The number of nitrogens with zero attached hydrogens (tertiary/aromatic N) is 1. The summed E-state index contributed by atoms with van der Waals surface area (Å²) >= 11 is 0. The summed E-state index contributed by atoms with van der Waals surface area (Å²) in [4.78, 5) is 28.0. The lowest BCUT2D eigenvalue weighted by molar-refractivity contribution is -0.135. The van der Waals surface area contributed by atoms with Crippen LogP contribution in [0.15, 0.2) is 72.8 Å². The number of benzene rings is 3. The van der Waals surface area contributed by atoms with E-state index in [0.29, 0.717) is 41.3 Å². The van der Waals surface area contributed by atoms with Crippen LogP contribution in [0.4, 0.5) is 5.69 Å². The van der Waals surface area contributed by atoms with Crippen molar-refractivity contribution in [1.82, 2.24) is 0 Å². The van der Waals surface area contributed by atoms with Crippen LogP contribution >= 0.6 is 0 Å². The molecule has 0 saturated carbocycles. The van der Waals surface area contributed by atoms with Crippen molar-refractivity contribution in [3.05, 3.63) is 89.5 Å². The zero-order chi connectivity index (χ0) is 22.7. The molecule has 32 heavy (non-hydrogen) atoms. The molecule has 6 nitrogen and oxygen atoms in total. The minimum atomic E-state index is -1.92. The van der Waals surface area contributed by atoms with E-state index in [1.807, 2.05) is 36.4 Å². The van der Waals surface area contributed by atoms with Gasteiger partial charge in [-0.1, -0.05) is 48.5 Å². The van der Waals surface area contributed by atoms with Crippen molar-refractivity contribution in [3.63, 3.8) is 0 Å². The SMILES string of the molecule is COc1ccc(C(=O)C[C@]2(O)C(=O)N(CCc3ccccc3)c3ccccc32)cc1OC. The number of rotatable bonds is 8. The van der Waals surface area contributed by atoms with Crippen molar-refractivity contribution < 1.29 is 24.2 Å². The number of anilines is 1. The van der Waals surface area contributed by atoms with Crippen LogP contribution in [-0.2, 0) is 16.8 Å². The largest absolute Gasteiger partial charge is 0.493 e. The number of fused-ring (bicyclic) bond motifs is 1. The molecule has 0 aliphatic carbocycles.